The molecule has 0 aromatic rings. The van der Waals surface area contributed by atoms with Crippen LogP contribution in [0.5, 0.6) is 0 Å². The van der Waals surface area contributed by atoms with E-state index in [2.05, 4.69) is 10.2 Å². The Morgan fingerprint density at radius 1 is 1.26 bits per heavy atom. The van der Waals surface area contributed by atoms with Crippen LogP contribution in [0.1, 0.15) is 46.0 Å². The topological polar surface area (TPSA) is 69.6 Å². The molecule has 0 saturated carbocycles. The number of carboxylic acid groups (broad SMARTS) is 1. The van der Waals surface area contributed by atoms with Crippen LogP contribution in [0.3, 0.4) is 0 Å². The summed E-state index contributed by atoms with van der Waals surface area (Å²) in [4.78, 5) is 25.3. The van der Waals surface area contributed by atoms with Crippen LogP contribution >= 0.6 is 0 Å². The van der Waals surface area contributed by atoms with Gasteiger partial charge in [-0.3, -0.25) is 14.5 Å². The van der Waals surface area contributed by atoms with Crippen molar-refractivity contribution in [2.75, 3.05) is 13.1 Å². The molecule has 2 unspecified atom stereocenters. The van der Waals surface area contributed by atoms with Crippen molar-refractivity contribution in [1.29, 1.82) is 0 Å². The maximum Gasteiger partial charge on any atom is 0.303 e. The van der Waals surface area contributed by atoms with E-state index in [9.17, 15) is 9.59 Å². The van der Waals surface area contributed by atoms with Gasteiger partial charge in [0.05, 0.1) is 6.42 Å². The number of hydrogen-bond donors (Lipinski definition) is 2. The third-order valence-electron chi connectivity index (χ3n) is 4.22. The number of fused-ring (bicyclic) bond motifs is 1. The van der Waals surface area contributed by atoms with E-state index in [-0.39, 0.29) is 24.8 Å². The summed E-state index contributed by atoms with van der Waals surface area (Å²) in [5, 5.41) is 11.9. The van der Waals surface area contributed by atoms with E-state index >= 15 is 0 Å². The van der Waals surface area contributed by atoms with E-state index in [0.717, 1.165) is 19.5 Å². The molecule has 0 aromatic carbocycles. The van der Waals surface area contributed by atoms with Crippen molar-refractivity contribution in [3.63, 3.8) is 0 Å². The van der Waals surface area contributed by atoms with Crippen molar-refractivity contribution >= 4 is 11.9 Å². The van der Waals surface area contributed by atoms with Gasteiger partial charge in [0.25, 0.3) is 0 Å². The van der Waals surface area contributed by atoms with Gasteiger partial charge in [-0.25, -0.2) is 0 Å². The fourth-order valence-corrected chi connectivity index (χ4v) is 3.42. The van der Waals surface area contributed by atoms with Crippen LogP contribution in [-0.2, 0) is 9.59 Å². The molecule has 0 aliphatic carbocycles. The van der Waals surface area contributed by atoms with Crippen molar-refractivity contribution in [1.82, 2.24) is 10.2 Å². The number of aliphatic carboxylic acids is 1. The van der Waals surface area contributed by atoms with Gasteiger partial charge in [-0.2, -0.15) is 0 Å². The average Bonchev–Trinajstić information content (AvgIpc) is 2.79. The van der Waals surface area contributed by atoms with Crippen LogP contribution in [-0.4, -0.2) is 47.1 Å². The highest BCUT2D eigenvalue weighted by atomic mass is 16.4. The predicted molar refractivity (Wildman–Crippen MR) is 71.8 cm³/mol. The first-order valence-electron chi connectivity index (χ1n) is 7.13. The van der Waals surface area contributed by atoms with Crippen molar-refractivity contribution in [2.24, 2.45) is 5.41 Å². The maximum absolute atomic E-state index is 12.1. The van der Waals surface area contributed by atoms with Gasteiger partial charge in [-0.05, 0) is 31.2 Å². The third kappa shape index (κ3) is 3.69. The Hall–Kier alpha value is -1.10. The van der Waals surface area contributed by atoms with E-state index in [4.69, 9.17) is 5.11 Å². The summed E-state index contributed by atoms with van der Waals surface area (Å²) in [6.45, 7) is 5.89. The van der Waals surface area contributed by atoms with Crippen LogP contribution in [0.15, 0.2) is 0 Å². The van der Waals surface area contributed by atoms with Gasteiger partial charge in [-0.1, -0.05) is 13.8 Å². The van der Waals surface area contributed by atoms with E-state index in [1.54, 1.807) is 0 Å². The number of rotatable bonds is 5. The normalized spacial score (nSPS) is 27.3. The molecule has 2 atom stereocenters. The Morgan fingerprint density at radius 2 is 2.00 bits per heavy atom. The molecule has 2 fully saturated rings. The Labute approximate surface area is 114 Å². The van der Waals surface area contributed by atoms with E-state index in [1.807, 2.05) is 13.8 Å². The highest BCUT2D eigenvalue weighted by molar-refractivity contribution is 5.78. The Balaban J connectivity index is 1.83. The zero-order valence-corrected chi connectivity index (χ0v) is 11.8. The van der Waals surface area contributed by atoms with Crippen LogP contribution in [0.4, 0.5) is 0 Å². The molecule has 0 spiro atoms. The van der Waals surface area contributed by atoms with Gasteiger partial charge in [0.2, 0.25) is 5.91 Å². The summed E-state index contributed by atoms with van der Waals surface area (Å²) >= 11 is 0. The molecular formula is C14H24N2O3. The molecule has 0 aromatic heterocycles. The fourth-order valence-electron chi connectivity index (χ4n) is 3.42. The quantitative estimate of drug-likeness (QED) is 0.787. The van der Waals surface area contributed by atoms with Crippen molar-refractivity contribution < 1.29 is 14.7 Å². The molecule has 5 nitrogen and oxygen atoms in total. The largest absolute Gasteiger partial charge is 0.481 e. The summed E-state index contributed by atoms with van der Waals surface area (Å²) < 4.78 is 0. The molecular weight excluding hydrogens is 244 g/mol. The third-order valence-corrected chi connectivity index (χ3v) is 4.22. The SMILES string of the molecule is CC(C)(CC(=O)O)CC(=O)NC1CCN2CCCC12. The first kappa shape index (κ1) is 14.3. The molecule has 19 heavy (non-hydrogen) atoms. The smallest absolute Gasteiger partial charge is 0.303 e. The van der Waals surface area contributed by atoms with Gasteiger partial charge in [0.15, 0.2) is 0 Å². The summed E-state index contributed by atoms with van der Waals surface area (Å²) in [5.41, 5.74) is -0.482. The predicted octanol–water partition coefficient (Wildman–Crippen LogP) is 1.23. The number of hydrogen-bond acceptors (Lipinski definition) is 3. The second kappa shape index (κ2) is 5.49. The number of amides is 1. The second-order valence-corrected chi connectivity index (χ2v) is 6.62. The standard InChI is InChI=1S/C14H24N2O3/c1-14(2,9-13(18)19)8-12(17)15-10-5-7-16-6-3-4-11(10)16/h10-11H,3-9H2,1-2H3,(H,15,17)(H,18,19). The maximum atomic E-state index is 12.1. The molecule has 0 bridgehead atoms. The lowest BCUT2D eigenvalue weighted by Crippen LogP contribution is -2.43. The van der Waals surface area contributed by atoms with Crippen molar-refractivity contribution in [3.05, 3.63) is 0 Å². The Morgan fingerprint density at radius 3 is 2.68 bits per heavy atom. The summed E-state index contributed by atoms with van der Waals surface area (Å²) in [7, 11) is 0. The fraction of sp³-hybridized carbons (Fsp3) is 0.857. The van der Waals surface area contributed by atoms with Crippen LogP contribution in [0.2, 0.25) is 0 Å². The molecule has 2 N–H and O–H groups in total. The van der Waals surface area contributed by atoms with Crippen molar-refractivity contribution in [2.45, 2.75) is 58.0 Å². The molecule has 2 saturated heterocycles. The van der Waals surface area contributed by atoms with Gasteiger partial charge in [0, 0.05) is 25.0 Å². The number of nitrogens with zero attached hydrogens (tertiary/aromatic N) is 1. The monoisotopic (exact) mass is 268 g/mol. The zero-order chi connectivity index (χ0) is 14.0. The van der Waals surface area contributed by atoms with Gasteiger partial charge >= 0.3 is 5.97 Å². The summed E-state index contributed by atoms with van der Waals surface area (Å²) in [6, 6.07) is 0.766. The summed E-state index contributed by atoms with van der Waals surface area (Å²) in [5.74, 6) is -0.856. The lowest BCUT2D eigenvalue weighted by molar-refractivity contribution is -0.139. The highest BCUT2D eigenvalue weighted by Crippen LogP contribution is 2.29. The molecule has 2 heterocycles. The number of carbonyl (C=O) groups excluding carboxylic acids is 1. The van der Waals surface area contributed by atoms with Crippen LogP contribution in [0.25, 0.3) is 0 Å². The van der Waals surface area contributed by atoms with Crippen LogP contribution in [0, 0.1) is 5.41 Å². The minimum atomic E-state index is -0.847. The molecule has 2 aliphatic heterocycles. The van der Waals surface area contributed by atoms with E-state index in [0.29, 0.717) is 6.04 Å². The molecule has 5 heteroatoms. The number of carbonyl (C=O) groups is 2. The Kier molecular flexibility index (Phi) is 4.13. The lowest BCUT2D eigenvalue weighted by Gasteiger charge is -2.25. The first-order valence-corrected chi connectivity index (χ1v) is 7.13. The minimum absolute atomic E-state index is 0.00926. The molecule has 108 valence electrons. The Bertz CT molecular complexity index is 368. The number of carboxylic acids is 1. The zero-order valence-electron chi connectivity index (χ0n) is 11.8. The van der Waals surface area contributed by atoms with Gasteiger partial charge in [-0.15, -0.1) is 0 Å². The minimum Gasteiger partial charge on any atom is -0.481 e. The van der Waals surface area contributed by atoms with Crippen LogP contribution < -0.4 is 5.32 Å². The van der Waals surface area contributed by atoms with Gasteiger partial charge in [0.1, 0.15) is 0 Å². The first-order chi connectivity index (χ1) is 8.87. The second-order valence-electron chi connectivity index (χ2n) is 6.62. The summed E-state index contributed by atoms with van der Waals surface area (Å²) in [6.07, 6.45) is 3.73. The molecule has 2 rings (SSSR count). The molecule has 1 amide bonds. The highest BCUT2D eigenvalue weighted by Gasteiger charge is 2.38. The molecule has 0 radical (unpaired) electrons. The van der Waals surface area contributed by atoms with Gasteiger partial charge < -0.3 is 10.4 Å². The number of nitrogens with one attached hydrogen (secondary N) is 1. The van der Waals surface area contributed by atoms with Crippen molar-refractivity contribution in [3.8, 4) is 0 Å². The van der Waals surface area contributed by atoms with E-state index < -0.39 is 11.4 Å². The lowest BCUT2D eigenvalue weighted by atomic mass is 9.85. The average molecular weight is 268 g/mol. The van der Waals surface area contributed by atoms with E-state index in [1.165, 1.54) is 12.8 Å². The molecule has 2 aliphatic rings.